The van der Waals surface area contributed by atoms with Crippen molar-refractivity contribution in [2.24, 2.45) is 5.92 Å². The fourth-order valence-corrected chi connectivity index (χ4v) is 3.02. The van der Waals surface area contributed by atoms with Crippen molar-refractivity contribution < 1.29 is 9.21 Å². The van der Waals surface area contributed by atoms with E-state index < -0.39 is 0 Å². The predicted molar refractivity (Wildman–Crippen MR) is 90.9 cm³/mol. The van der Waals surface area contributed by atoms with Gasteiger partial charge < -0.3 is 15.1 Å². The fraction of sp³-hybridized carbons (Fsp3) is 0.471. The lowest BCUT2D eigenvalue weighted by atomic mass is 10.00. The maximum Gasteiger partial charge on any atom is 0.287 e. The Labute approximate surface area is 137 Å². The van der Waals surface area contributed by atoms with Gasteiger partial charge in [0.05, 0.1) is 0 Å². The number of halogens is 1. The Bertz CT molecular complexity index is 660. The molecule has 120 valence electrons. The predicted octanol–water partition coefficient (Wildman–Crippen LogP) is 3.20. The van der Waals surface area contributed by atoms with Crippen LogP contribution in [-0.4, -0.2) is 25.5 Å². The van der Waals surface area contributed by atoms with Crippen LogP contribution in [0.1, 0.15) is 34.5 Å². The van der Waals surface area contributed by atoms with Gasteiger partial charge in [0.1, 0.15) is 5.58 Å². The molecule has 1 aliphatic heterocycles. The molecule has 4 nitrogen and oxygen atoms in total. The first-order valence-corrected chi connectivity index (χ1v) is 7.64. The smallest absolute Gasteiger partial charge is 0.287 e. The van der Waals surface area contributed by atoms with E-state index in [4.69, 9.17) is 4.42 Å². The quantitative estimate of drug-likeness (QED) is 0.912. The molecule has 0 spiro atoms. The number of fused-ring (bicyclic) bond motifs is 1. The molecule has 22 heavy (non-hydrogen) atoms. The summed E-state index contributed by atoms with van der Waals surface area (Å²) in [5.41, 5.74) is 2.80. The average molecular weight is 323 g/mol. The molecule has 2 aromatic rings. The lowest BCUT2D eigenvalue weighted by Crippen LogP contribution is -2.38. The minimum Gasteiger partial charge on any atom is -0.450 e. The highest BCUT2D eigenvalue weighted by molar-refractivity contribution is 5.99. The topological polar surface area (TPSA) is 54.3 Å². The Morgan fingerprint density at radius 3 is 2.91 bits per heavy atom. The van der Waals surface area contributed by atoms with Crippen molar-refractivity contribution in [1.29, 1.82) is 0 Å². The van der Waals surface area contributed by atoms with E-state index in [2.05, 4.69) is 10.6 Å². The third-order valence-electron chi connectivity index (χ3n) is 4.32. The van der Waals surface area contributed by atoms with E-state index >= 15 is 0 Å². The summed E-state index contributed by atoms with van der Waals surface area (Å²) >= 11 is 0. The van der Waals surface area contributed by atoms with Crippen LogP contribution >= 0.6 is 12.4 Å². The lowest BCUT2D eigenvalue weighted by molar-refractivity contribution is 0.0918. The number of rotatable bonds is 3. The Hall–Kier alpha value is -1.52. The zero-order chi connectivity index (χ0) is 14.8. The molecule has 0 radical (unpaired) electrons. The van der Waals surface area contributed by atoms with Crippen LogP contribution in [0.2, 0.25) is 0 Å². The first-order chi connectivity index (χ1) is 10.2. The fourth-order valence-electron chi connectivity index (χ4n) is 3.02. The molecule has 1 aromatic carbocycles. The van der Waals surface area contributed by atoms with Gasteiger partial charge in [-0.15, -0.1) is 12.4 Å². The second-order valence-corrected chi connectivity index (χ2v) is 5.93. The number of aryl methyl sites for hydroxylation is 2. The van der Waals surface area contributed by atoms with Gasteiger partial charge in [-0.1, -0.05) is 18.2 Å². The molecule has 1 aliphatic rings. The van der Waals surface area contributed by atoms with Crippen molar-refractivity contribution >= 4 is 29.3 Å². The normalized spacial score (nSPS) is 18.0. The zero-order valence-corrected chi connectivity index (χ0v) is 13.9. The third kappa shape index (κ3) is 3.28. The van der Waals surface area contributed by atoms with Crippen LogP contribution in [0.25, 0.3) is 11.0 Å². The Morgan fingerprint density at radius 1 is 1.41 bits per heavy atom. The first kappa shape index (κ1) is 16.8. The summed E-state index contributed by atoms with van der Waals surface area (Å²) in [6.45, 7) is 6.73. The van der Waals surface area contributed by atoms with Crippen LogP contribution in [0.4, 0.5) is 0 Å². The Morgan fingerprint density at radius 2 is 2.23 bits per heavy atom. The molecule has 3 rings (SSSR count). The molecule has 1 amide bonds. The van der Waals surface area contributed by atoms with Gasteiger partial charge in [-0.3, -0.25) is 4.79 Å². The van der Waals surface area contributed by atoms with Gasteiger partial charge in [0, 0.05) is 17.5 Å². The number of benzene rings is 1. The molecule has 1 fully saturated rings. The Balaban J connectivity index is 0.00000176. The Kier molecular flexibility index (Phi) is 5.48. The van der Waals surface area contributed by atoms with Gasteiger partial charge in [0.15, 0.2) is 5.76 Å². The number of hydrogen-bond acceptors (Lipinski definition) is 3. The lowest BCUT2D eigenvalue weighted by Gasteiger charge is -2.22. The van der Waals surface area contributed by atoms with Crippen molar-refractivity contribution in [3.8, 4) is 0 Å². The highest BCUT2D eigenvalue weighted by Gasteiger charge is 2.20. The number of hydrogen-bond donors (Lipinski definition) is 2. The largest absolute Gasteiger partial charge is 0.450 e. The van der Waals surface area contributed by atoms with E-state index in [0.717, 1.165) is 35.2 Å². The summed E-state index contributed by atoms with van der Waals surface area (Å²) in [5.74, 6) is 0.867. The number of nitrogens with one attached hydrogen (secondary N) is 2. The van der Waals surface area contributed by atoms with Gasteiger partial charge in [0.25, 0.3) is 5.91 Å². The molecule has 5 heteroatoms. The standard InChI is InChI=1S/C17H22N2O2.ClH/c1-11-5-3-7-14-12(2)16(21-15(11)14)17(20)19-10-13-6-4-8-18-9-13;/h3,5,7,13,18H,4,6,8-10H2,1-2H3,(H,19,20);1H. The minimum atomic E-state index is -0.103. The molecule has 2 heterocycles. The zero-order valence-electron chi connectivity index (χ0n) is 13.1. The van der Waals surface area contributed by atoms with Crippen LogP contribution in [-0.2, 0) is 0 Å². The van der Waals surface area contributed by atoms with Crippen molar-refractivity contribution in [3.63, 3.8) is 0 Å². The van der Waals surface area contributed by atoms with Crippen LogP contribution in [0.3, 0.4) is 0 Å². The maximum atomic E-state index is 12.4. The number of amides is 1. The minimum absolute atomic E-state index is 0. The van der Waals surface area contributed by atoms with Gasteiger partial charge in [-0.25, -0.2) is 0 Å². The molecule has 0 saturated carbocycles. The summed E-state index contributed by atoms with van der Waals surface area (Å²) in [4.78, 5) is 12.4. The summed E-state index contributed by atoms with van der Waals surface area (Å²) in [7, 11) is 0. The molecule has 0 aliphatic carbocycles. The number of carbonyl (C=O) groups excluding carboxylic acids is 1. The summed E-state index contributed by atoms with van der Waals surface area (Å²) in [6, 6.07) is 6.00. The van der Waals surface area contributed by atoms with E-state index in [1.54, 1.807) is 0 Å². The molecule has 1 aromatic heterocycles. The SMILES string of the molecule is Cc1c(C(=O)NCC2CCCNC2)oc2c(C)cccc12.Cl. The molecule has 1 atom stereocenters. The second-order valence-electron chi connectivity index (χ2n) is 5.93. The van der Waals surface area contributed by atoms with Gasteiger partial charge in [-0.2, -0.15) is 0 Å². The van der Waals surface area contributed by atoms with E-state index in [9.17, 15) is 4.79 Å². The highest BCUT2D eigenvalue weighted by atomic mass is 35.5. The summed E-state index contributed by atoms with van der Waals surface area (Å²) in [5, 5.41) is 7.41. The van der Waals surface area contributed by atoms with Crippen molar-refractivity contribution in [2.75, 3.05) is 19.6 Å². The number of furan rings is 1. The second kappa shape index (κ2) is 7.16. The summed E-state index contributed by atoms with van der Waals surface area (Å²) in [6.07, 6.45) is 2.36. The van der Waals surface area contributed by atoms with Crippen molar-refractivity contribution in [2.45, 2.75) is 26.7 Å². The van der Waals surface area contributed by atoms with Crippen molar-refractivity contribution in [1.82, 2.24) is 10.6 Å². The van der Waals surface area contributed by atoms with E-state index in [0.29, 0.717) is 18.2 Å². The van der Waals surface area contributed by atoms with Crippen LogP contribution in [0.5, 0.6) is 0 Å². The molecule has 2 N–H and O–H groups in total. The monoisotopic (exact) mass is 322 g/mol. The average Bonchev–Trinajstić information content (AvgIpc) is 2.85. The van der Waals surface area contributed by atoms with Gasteiger partial charge in [0.2, 0.25) is 0 Å². The van der Waals surface area contributed by atoms with E-state index in [-0.39, 0.29) is 18.3 Å². The van der Waals surface area contributed by atoms with Crippen LogP contribution in [0.15, 0.2) is 22.6 Å². The van der Waals surface area contributed by atoms with E-state index in [1.165, 1.54) is 12.8 Å². The van der Waals surface area contributed by atoms with Crippen LogP contribution < -0.4 is 10.6 Å². The molecule has 1 unspecified atom stereocenters. The molecule has 0 bridgehead atoms. The van der Waals surface area contributed by atoms with Crippen molar-refractivity contribution in [3.05, 3.63) is 35.1 Å². The van der Waals surface area contributed by atoms with Gasteiger partial charge >= 0.3 is 0 Å². The maximum absolute atomic E-state index is 12.4. The van der Waals surface area contributed by atoms with Gasteiger partial charge in [-0.05, 0) is 51.3 Å². The highest BCUT2D eigenvalue weighted by Crippen LogP contribution is 2.27. The molecule has 1 saturated heterocycles. The molecular formula is C17H23ClN2O2. The number of piperidine rings is 1. The van der Waals surface area contributed by atoms with E-state index in [1.807, 2.05) is 32.0 Å². The van der Waals surface area contributed by atoms with Crippen LogP contribution in [0, 0.1) is 19.8 Å². The number of carbonyl (C=O) groups is 1. The summed E-state index contributed by atoms with van der Waals surface area (Å²) < 4.78 is 5.80. The molecular weight excluding hydrogens is 300 g/mol. The first-order valence-electron chi connectivity index (χ1n) is 7.64. The number of para-hydroxylation sites is 1. The third-order valence-corrected chi connectivity index (χ3v) is 4.32.